The number of hydrogen-bond donors (Lipinski definition) is 2. The Balaban J connectivity index is 2.48. The van der Waals surface area contributed by atoms with Gasteiger partial charge in [-0.05, 0) is 19.9 Å². The average molecular weight is 211 g/mol. The van der Waals surface area contributed by atoms with Crippen molar-refractivity contribution in [2.24, 2.45) is 0 Å². The van der Waals surface area contributed by atoms with Crippen molar-refractivity contribution in [2.45, 2.75) is 26.4 Å². The molecule has 15 heavy (non-hydrogen) atoms. The molecular formula is C10H17N3O2. The Morgan fingerprint density at radius 1 is 1.73 bits per heavy atom. The van der Waals surface area contributed by atoms with Gasteiger partial charge in [0, 0.05) is 19.3 Å². The van der Waals surface area contributed by atoms with E-state index in [0.29, 0.717) is 6.54 Å². The maximum absolute atomic E-state index is 11.6. The maximum Gasteiger partial charge on any atom is 0.228 e. The lowest BCUT2D eigenvalue weighted by Crippen LogP contribution is -2.34. The van der Waals surface area contributed by atoms with Gasteiger partial charge >= 0.3 is 0 Å². The van der Waals surface area contributed by atoms with Gasteiger partial charge in [-0.1, -0.05) is 0 Å². The largest absolute Gasteiger partial charge is 0.392 e. The number of hydrogen-bond acceptors (Lipinski definition) is 3. The molecule has 0 spiro atoms. The summed E-state index contributed by atoms with van der Waals surface area (Å²) in [5, 5.41) is 15.9. The molecule has 0 aromatic carbocycles. The number of aliphatic hydroxyl groups excluding tert-OH is 1. The first-order chi connectivity index (χ1) is 6.99. The fraction of sp³-hybridized carbons (Fsp3) is 0.600. The maximum atomic E-state index is 11.6. The van der Waals surface area contributed by atoms with Crippen molar-refractivity contribution in [3.05, 3.63) is 17.5 Å². The zero-order valence-corrected chi connectivity index (χ0v) is 9.32. The number of carbonyl (C=O) groups is 1. The molecule has 0 aliphatic carbocycles. The molecule has 0 saturated carbocycles. The van der Waals surface area contributed by atoms with Gasteiger partial charge in [0.05, 0.1) is 18.2 Å². The number of nitrogens with zero attached hydrogens (tertiary/aromatic N) is 2. The zero-order chi connectivity index (χ0) is 11.4. The smallest absolute Gasteiger partial charge is 0.228 e. The van der Waals surface area contributed by atoms with E-state index in [2.05, 4.69) is 10.2 Å². The molecule has 84 valence electrons. The molecule has 2 N–H and O–H groups in total. The minimum Gasteiger partial charge on any atom is -0.392 e. The fourth-order valence-electron chi connectivity index (χ4n) is 1.35. The van der Waals surface area contributed by atoms with Crippen LogP contribution in [0, 0.1) is 6.92 Å². The zero-order valence-electron chi connectivity index (χ0n) is 9.32. The molecule has 0 aliphatic heterocycles. The first-order valence-corrected chi connectivity index (χ1v) is 4.92. The predicted octanol–water partition coefficient (Wildman–Crippen LogP) is 0.0998. The van der Waals surface area contributed by atoms with Crippen LogP contribution >= 0.6 is 0 Å². The SMILES string of the molecule is Cc1cc(CC(=O)N(C)CC(C)O)n[nH]1. The van der Waals surface area contributed by atoms with Crippen molar-refractivity contribution >= 4 is 5.91 Å². The molecule has 0 bridgehead atoms. The van der Waals surface area contributed by atoms with Crippen molar-refractivity contribution < 1.29 is 9.90 Å². The number of nitrogens with one attached hydrogen (secondary N) is 1. The van der Waals surface area contributed by atoms with E-state index in [1.165, 1.54) is 4.90 Å². The summed E-state index contributed by atoms with van der Waals surface area (Å²) in [6.07, 6.45) is -0.229. The Kier molecular flexibility index (Phi) is 3.85. The van der Waals surface area contributed by atoms with Crippen molar-refractivity contribution in [1.82, 2.24) is 15.1 Å². The number of aryl methyl sites for hydroxylation is 1. The van der Waals surface area contributed by atoms with Crippen LogP contribution in [-0.4, -0.2) is 45.8 Å². The Hall–Kier alpha value is -1.36. The molecule has 1 atom stereocenters. The summed E-state index contributed by atoms with van der Waals surface area (Å²) in [5.74, 6) is -0.0394. The highest BCUT2D eigenvalue weighted by atomic mass is 16.3. The van der Waals surface area contributed by atoms with Gasteiger partial charge in [-0.25, -0.2) is 0 Å². The summed E-state index contributed by atoms with van der Waals surface area (Å²) < 4.78 is 0. The number of rotatable bonds is 4. The molecule has 1 aromatic heterocycles. The van der Waals surface area contributed by atoms with Crippen LogP contribution in [-0.2, 0) is 11.2 Å². The number of amides is 1. The molecule has 1 aromatic rings. The lowest BCUT2D eigenvalue weighted by molar-refractivity contribution is -0.130. The quantitative estimate of drug-likeness (QED) is 0.742. The third-order valence-corrected chi connectivity index (χ3v) is 2.06. The van der Waals surface area contributed by atoms with Gasteiger partial charge in [-0.2, -0.15) is 5.10 Å². The van der Waals surface area contributed by atoms with E-state index in [1.54, 1.807) is 14.0 Å². The van der Waals surface area contributed by atoms with Gasteiger partial charge < -0.3 is 10.0 Å². The van der Waals surface area contributed by atoms with E-state index in [0.717, 1.165) is 11.4 Å². The lowest BCUT2D eigenvalue weighted by Gasteiger charge is -2.18. The highest BCUT2D eigenvalue weighted by molar-refractivity contribution is 5.78. The number of likely N-dealkylation sites (N-methyl/N-ethyl adjacent to an activating group) is 1. The molecule has 1 amide bonds. The number of carbonyl (C=O) groups excluding carboxylic acids is 1. The average Bonchev–Trinajstić information content (AvgIpc) is 2.50. The summed E-state index contributed by atoms with van der Waals surface area (Å²) in [5.41, 5.74) is 1.67. The van der Waals surface area contributed by atoms with Crippen LogP contribution in [0.2, 0.25) is 0 Å². The van der Waals surface area contributed by atoms with Gasteiger partial charge in [0.15, 0.2) is 0 Å². The highest BCUT2D eigenvalue weighted by Crippen LogP contribution is 2.01. The standard InChI is InChI=1S/C10H17N3O2/c1-7-4-9(12-11-7)5-10(15)13(3)6-8(2)14/h4,8,14H,5-6H2,1-3H3,(H,11,12). The third-order valence-electron chi connectivity index (χ3n) is 2.06. The number of aromatic amines is 1. The van der Waals surface area contributed by atoms with Crippen LogP contribution < -0.4 is 0 Å². The van der Waals surface area contributed by atoms with Gasteiger partial charge in [0.1, 0.15) is 0 Å². The summed E-state index contributed by atoms with van der Waals surface area (Å²) in [6, 6.07) is 1.84. The predicted molar refractivity (Wildman–Crippen MR) is 56.3 cm³/mol. The van der Waals surface area contributed by atoms with Crippen LogP contribution in [0.5, 0.6) is 0 Å². The van der Waals surface area contributed by atoms with E-state index in [1.807, 2.05) is 13.0 Å². The fourth-order valence-corrected chi connectivity index (χ4v) is 1.35. The molecule has 0 fully saturated rings. The minimum atomic E-state index is -0.500. The Morgan fingerprint density at radius 2 is 2.40 bits per heavy atom. The molecular weight excluding hydrogens is 194 g/mol. The summed E-state index contributed by atoms with van der Waals surface area (Å²) in [7, 11) is 1.68. The normalized spacial score (nSPS) is 12.5. The van der Waals surface area contributed by atoms with Gasteiger partial charge in [0.25, 0.3) is 0 Å². The van der Waals surface area contributed by atoms with Gasteiger partial charge in [0.2, 0.25) is 5.91 Å². The van der Waals surface area contributed by atoms with Gasteiger partial charge in [-0.15, -0.1) is 0 Å². The molecule has 1 heterocycles. The van der Waals surface area contributed by atoms with Crippen LogP contribution in [0.4, 0.5) is 0 Å². The van der Waals surface area contributed by atoms with E-state index >= 15 is 0 Å². The number of H-pyrrole nitrogens is 1. The lowest BCUT2D eigenvalue weighted by atomic mass is 10.2. The molecule has 5 nitrogen and oxygen atoms in total. The monoisotopic (exact) mass is 211 g/mol. The van der Waals surface area contributed by atoms with Crippen LogP contribution in [0.1, 0.15) is 18.3 Å². The molecule has 1 unspecified atom stereocenters. The number of aromatic nitrogens is 2. The molecule has 0 saturated heterocycles. The van der Waals surface area contributed by atoms with Gasteiger partial charge in [-0.3, -0.25) is 9.89 Å². The van der Waals surface area contributed by atoms with E-state index < -0.39 is 6.10 Å². The molecule has 5 heteroatoms. The van der Waals surface area contributed by atoms with E-state index in [-0.39, 0.29) is 12.3 Å². The van der Waals surface area contributed by atoms with Crippen LogP contribution in [0.3, 0.4) is 0 Å². The van der Waals surface area contributed by atoms with Crippen molar-refractivity contribution in [2.75, 3.05) is 13.6 Å². The third kappa shape index (κ3) is 3.71. The Labute approximate surface area is 89.1 Å². The Morgan fingerprint density at radius 3 is 2.87 bits per heavy atom. The first kappa shape index (κ1) is 11.7. The molecule has 0 aliphatic rings. The second-order valence-corrected chi connectivity index (χ2v) is 3.84. The minimum absolute atomic E-state index is 0.0394. The second-order valence-electron chi connectivity index (χ2n) is 3.84. The highest BCUT2D eigenvalue weighted by Gasteiger charge is 2.12. The summed E-state index contributed by atoms with van der Waals surface area (Å²) >= 11 is 0. The second kappa shape index (κ2) is 4.93. The van der Waals surface area contributed by atoms with Crippen molar-refractivity contribution in [3.8, 4) is 0 Å². The van der Waals surface area contributed by atoms with Crippen molar-refractivity contribution in [3.63, 3.8) is 0 Å². The summed E-state index contributed by atoms with van der Waals surface area (Å²) in [6.45, 7) is 3.89. The first-order valence-electron chi connectivity index (χ1n) is 4.92. The molecule has 1 rings (SSSR count). The Bertz CT molecular complexity index is 333. The van der Waals surface area contributed by atoms with Crippen molar-refractivity contribution in [1.29, 1.82) is 0 Å². The van der Waals surface area contributed by atoms with E-state index in [9.17, 15) is 4.79 Å². The topological polar surface area (TPSA) is 69.2 Å². The van der Waals surface area contributed by atoms with Crippen LogP contribution in [0.15, 0.2) is 6.07 Å². The van der Waals surface area contributed by atoms with E-state index in [4.69, 9.17) is 5.11 Å². The number of aliphatic hydroxyl groups is 1. The summed E-state index contributed by atoms with van der Waals surface area (Å²) in [4.78, 5) is 13.1. The molecule has 0 radical (unpaired) electrons. The van der Waals surface area contributed by atoms with Crippen LogP contribution in [0.25, 0.3) is 0 Å².